The van der Waals surface area contributed by atoms with Crippen molar-refractivity contribution in [1.29, 1.82) is 5.26 Å². The highest BCUT2D eigenvalue weighted by atomic mass is 19.1. The van der Waals surface area contributed by atoms with Gasteiger partial charge in [0.25, 0.3) is 5.91 Å². The van der Waals surface area contributed by atoms with Gasteiger partial charge in [-0.1, -0.05) is 13.8 Å². The van der Waals surface area contributed by atoms with Crippen molar-refractivity contribution < 1.29 is 18.4 Å². The van der Waals surface area contributed by atoms with Gasteiger partial charge < -0.3 is 5.32 Å². The largest absolute Gasteiger partial charge is 0.343 e. The summed E-state index contributed by atoms with van der Waals surface area (Å²) in [5, 5.41) is 11.6. The number of carbonyl (C=O) groups is 2. The molecule has 0 saturated heterocycles. The molecular weight excluding hydrogens is 304 g/mol. The molecule has 0 radical (unpaired) electrons. The van der Waals surface area contributed by atoms with Crippen LogP contribution in [0, 0.1) is 28.4 Å². The zero-order valence-corrected chi connectivity index (χ0v) is 12.9. The molecular formula is C16H15F2N3O2. The summed E-state index contributed by atoms with van der Waals surface area (Å²) in [6.45, 7) is 4.89. The first kappa shape index (κ1) is 16.7. The molecule has 1 aromatic rings. The third-order valence-electron chi connectivity index (χ3n) is 3.73. The number of amides is 1. The van der Waals surface area contributed by atoms with E-state index in [-0.39, 0.29) is 17.8 Å². The Kier molecular flexibility index (Phi) is 4.03. The van der Waals surface area contributed by atoms with E-state index < -0.39 is 34.1 Å². The molecule has 0 aliphatic heterocycles. The van der Waals surface area contributed by atoms with Crippen LogP contribution < -0.4 is 5.32 Å². The van der Waals surface area contributed by atoms with Crippen molar-refractivity contribution in [3.63, 3.8) is 0 Å². The van der Waals surface area contributed by atoms with Crippen LogP contribution in [0.5, 0.6) is 0 Å². The Morgan fingerprint density at radius 1 is 1.30 bits per heavy atom. The van der Waals surface area contributed by atoms with Crippen molar-refractivity contribution >= 4 is 11.7 Å². The predicted molar refractivity (Wildman–Crippen MR) is 77.1 cm³/mol. The normalized spacial score (nSPS) is 23.0. The van der Waals surface area contributed by atoms with Crippen molar-refractivity contribution in [2.75, 3.05) is 0 Å². The van der Waals surface area contributed by atoms with Crippen LogP contribution in [0.3, 0.4) is 0 Å². The maximum atomic E-state index is 13.7. The van der Waals surface area contributed by atoms with Gasteiger partial charge in [0, 0.05) is 5.41 Å². The Morgan fingerprint density at radius 2 is 1.87 bits per heavy atom. The molecule has 1 N–H and O–H groups in total. The number of nitrogens with one attached hydrogen (secondary N) is 1. The zero-order valence-electron chi connectivity index (χ0n) is 12.9. The third kappa shape index (κ3) is 3.11. The summed E-state index contributed by atoms with van der Waals surface area (Å²) in [7, 11) is 0. The van der Waals surface area contributed by atoms with Gasteiger partial charge >= 0.3 is 0 Å². The summed E-state index contributed by atoms with van der Waals surface area (Å²) in [5.41, 5.74) is -2.79. The van der Waals surface area contributed by atoms with Gasteiger partial charge in [0.05, 0.1) is 23.5 Å². The zero-order chi connectivity index (χ0) is 17.4. The maximum absolute atomic E-state index is 13.7. The summed E-state index contributed by atoms with van der Waals surface area (Å²) in [6.07, 6.45) is 3.01. The highest BCUT2D eigenvalue weighted by Crippen LogP contribution is 2.37. The number of nitrogens with zero attached hydrogens (tertiary/aromatic N) is 2. The second-order valence-corrected chi connectivity index (χ2v) is 6.41. The van der Waals surface area contributed by atoms with E-state index in [0.29, 0.717) is 0 Å². The van der Waals surface area contributed by atoms with Gasteiger partial charge in [-0.25, -0.2) is 8.78 Å². The molecule has 5 nitrogen and oxygen atoms in total. The van der Waals surface area contributed by atoms with E-state index in [9.17, 15) is 18.4 Å². The number of hydrogen-bond acceptors (Lipinski definition) is 4. The number of hydrogen-bond donors (Lipinski definition) is 1. The highest BCUT2D eigenvalue weighted by molar-refractivity contribution is 6.04. The Morgan fingerprint density at radius 3 is 2.39 bits per heavy atom. The Hall–Kier alpha value is -2.62. The molecule has 0 aromatic carbocycles. The average molecular weight is 319 g/mol. The van der Waals surface area contributed by atoms with Crippen LogP contribution >= 0.6 is 0 Å². The number of Topliss-reactive ketones (excluding diaryl/α,β-unsaturated/α-hetero) is 1. The fourth-order valence-electron chi connectivity index (χ4n) is 2.91. The van der Waals surface area contributed by atoms with Gasteiger partial charge in [0.1, 0.15) is 11.6 Å². The number of allylic oxidation sites excluding steroid dienone is 1. The van der Waals surface area contributed by atoms with E-state index in [1.165, 1.54) is 6.08 Å². The molecule has 23 heavy (non-hydrogen) atoms. The quantitative estimate of drug-likeness (QED) is 0.906. The van der Waals surface area contributed by atoms with Gasteiger partial charge in [-0.2, -0.15) is 5.26 Å². The van der Waals surface area contributed by atoms with Crippen LogP contribution in [0.25, 0.3) is 0 Å². The van der Waals surface area contributed by atoms with E-state index in [1.807, 2.05) is 0 Å². The van der Waals surface area contributed by atoms with Gasteiger partial charge in [-0.15, -0.1) is 0 Å². The smallest absolute Gasteiger partial charge is 0.258 e. The monoisotopic (exact) mass is 319 g/mol. The lowest BCUT2D eigenvalue weighted by Crippen LogP contribution is -2.52. The molecule has 0 spiro atoms. The first-order valence-electron chi connectivity index (χ1n) is 6.89. The number of ketones is 1. The highest BCUT2D eigenvalue weighted by Gasteiger charge is 2.43. The van der Waals surface area contributed by atoms with E-state index >= 15 is 0 Å². The molecule has 1 heterocycles. The Bertz CT molecular complexity index is 745. The summed E-state index contributed by atoms with van der Waals surface area (Å²) in [6, 6.07) is 1.80. The number of aromatic nitrogens is 1. The third-order valence-corrected chi connectivity index (χ3v) is 3.73. The minimum Gasteiger partial charge on any atom is -0.343 e. The Labute approximate surface area is 132 Å². The molecule has 120 valence electrons. The Balaban J connectivity index is 2.39. The first-order chi connectivity index (χ1) is 10.6. The van der Waals surface area contributed by atoms with Crippen LogP contribution in [-0.4, -0.2) is 22.2 Å². The minimum atomic E-state index is -1.08. The number of pyridine rings is 1. The molecule has 1 aliphatic rings. The van der Waals surface area contributed by atoms with E-state index in [1.54, 1.807) is 26.8 Å². The molecule has 0 bridgehead atoms. The number of halogens is 2. The van der Waals surface area contributed by atoms with Crippen molar-refractivity contribution in [3.8, 4) is 6.07 Å². The summed E-state index contributed by atoms with van der Waals surface area (Å²) < 4.78 is 27.3. The lowest BCUT2D eigenvalue weighted by atomic mass is 9.69. The molecule has 1 aromatic heterocycles. The molecule has 0 fully saturated rings. The molecule has 1 unspecified atom stereocenters. The lowest BCUT2D eigenvalue weighted by molar-refractivity contribution is -0.124. The van der Waals surface area contributed by atoms with Crippen LogP contribution in [0.15, 0.2) is 24.0 Å². The van der Waals surface area contributed by atoms with Crippen molar-refractivity contribution in [1.82, 2.24) is 10.3 Å². The van der Waals surface area contributed by atoms with Crippen LogP contribution in [0.1, 0.15) is 37.6 Å². The van der Waals surface area contributed by atoms with E-state index in [0.717, 1.165) is 12.4 Å². The average Bonchev–Trinajstić information content (AvgIpc) is 2.42. The van der Waals surface area contributed by atoms with Crippen molar-refractivity contribution in [2.24, 2.45) is 5.41 Å². The molecule has 0 saturated carbocycles. The van der Waals surface area contributed by atoms with Gasteiger partial charge in [0.15, 0.2) is 17.4 Å². The lowest BCUT2D eigenvalue weighted by Gasteiger charge is -2.39. The SMILES string of the molecule is CC1(NC(=O)c2c(F)cncc2F)C=C(C#N)C(=O)C(C)(C)C1. The van der Waals surface area contributed by atoms with E-state index in [4.69, 9.17) is 5.26 Å². The summed E-state index contributed by atoms with van der Waals surface area (Å²) in [5.74, 6) is -3.46. The number of rotatable bonds is 2. The molecule has 1 atom stereocenters. The van der Waals surface area contributed by atoms with Crippen molar-refractivity contribution in [3.05, 3.63) is 41.2 Å². The van der Waals surface area contributed by atoms with Crippen LogP contribution in [-0.2, 0) is 4.79 Å². The van der Waals surface area contributed by atoms with Gasteiger partial charge in [-0.3, -0.25) is 14.6 Å². The van der Waals surface area contributed by atoms with Crippen molar-refractivity contribution in [2.45, 2.75) is 32.7 Å². The molecule has 1 amide bonds. The standard InChI is InChI=1S/C16H15F2N3O2/c1-15(2)8-16(3,4-9(5-19)13(15)22)21-14(23)12-10(17)6-20-7-11(12)18/h4,6-7H,8H2,1-3H3,(H,21,23). The fraction of sp³-hybridized carbons (Fsp3) is 0.375. The first-order valence-corrected chi connectivity index (χ1v) is 6.89. The molecule has 7 heteroatoms. The predicted octanol–water partition coefficient (Wildman–Crippen LogP) is 2.30. The minimum absolute atomic E-state index is 0.0836. The maximum Gasteiger partial charge on any atom is 0.258 e. The second-order valence-electron chi connectivity index (χ2n) is 6.41. The topological polar surface area (TPSA) is 82.8 Å². The number of carbonyl (C=O) groups excluding carboxylic acids is 2. The van der Waals surface area contributed by atoms with E-state index in [2.05, 4.69) is 10.3 Å². The number of nitriles is 1. The van der Waals surface area contributed by atoms with Gasteiger partial charge in [0.2, 0.25) is 0 Å². The van der Waals surface area contributed by atoms with Gasteiger partial charge in [-0.05, 0) is 19.4 Å². The fourth-order valence-corrected chi connectivity index (χ4v) is 2.91. The molecule has 2 rings (SSSR count). The summed E-state index contributed by atoms with van der Waals surface area (Å²) in [4.78, 5) is 27.6. The van der Waals surface area contributed by atoms with Crippen LogP contribution in [0.4, 0.5) is 8.78 Å². The van der Waals surface area contributed by atoms with Crippen LogP contribution in [0.2, 0.25) is 0 Å². The second kappa shape index (κ2) is 5.54. The summed E-state index contributed by atoms with van der Waals surface area (Å²) >= 11 is 0. The molecule has 1 aliphatic carbocycles.